The molecule has 10 nitrogen and oxygen atoms in total. The molecule has 0 aromatic rings. The molecule has 0 heterocycles. The first-order chi connectivity index (χ1) is 13.4. The first-order valence-corrected chi connectivity index (χ1v) is 11.6. The topological polar surface area (TPSA) is 168 Å². The van der Waals surface area contributed by atoms with Crippen LogP contribution < -0.4 is 33.2 Å². The zero-order valence-electron chi connectivity index (χ0n) is 16.7. The Bertz CT molecular complexity index is 439. The van der Waals surface area contributed by atoms with Crippen LogP contribution in [0.3, 0.4) is 0 Å². The van der Waals surface area contributed by atoms with Crippen molar-refractivity contribution in [2.24, 2.45) is 11.7 Å². The summed E-state index contributed by atoms with van der Waals surface area (Å²) in [5, 5.41) is 5.27. The Kier molecular flexibility index (Phi) is 22.3. The van der Waals surface area contributed by atoms with Gasteiger partial charge in [0.05, 0.1) is 0 Å². The standard InChI is InChI=1S/C10H21N3O2S2.C6H13N3O2/c1-2-7-16-17-8-6-12-9(14)4-3-5-10(15)13-11;1-8-5(10)3-2-4-6(11)9-7/h2-8,11H2,1H3,(H,12,14)(H,13,15);2-4,7H2,1H3,(H,8,10)(H,9,11). The van der Waals surface area contributed by atoms with E-state index < -0.39 is 0 Å². The highest BCUT2D eigenvalue weighted by atomic mass is 33.1. The molecule has 0 bridgehead atoms. The Hall–Kier alpha value is -1.50. The van der Waals surface area contributed by atoms with Crippen molar-refractivity contribution < 1.29 is 19.2 Å². The number of amides is 4. The van der Waals surface area contributed by atoms with E-state index in [4.69, 9.17) is 11.7 Å². The number of carbonyl (C=O) groups excluding carboxylic acids is 4. The van der Waals surface area contributed by atoms with Gasteiger partial charge in [0.2, 0.25) is 23.6 Å². The molecular formula is C16H34N6O4S2. The largest absolute Gasteiger partial charge is 0.359 e. The molecule has 0 saturated heterocycles. The molecule has 0 unspecified atom stereocenters. The van der Waals surface area contributed by atoms with Crippen LogP contribution in [0.2, 0.25) is 0 Å². The van der Waals surface area contributed by atoms with E-state index in [1.807, 2.05) is 21.6 Å². The molecule has 0 saturated carbocycles. The van der Waals surface area contributed by atoms with Gasteiger partial charge in [-0.05, 0) is 19.3 Å². The van der Waals surface area contributed by atoms with Crippen LogP contribution in [0.1, 0.15) is 51.9 Å². The second kappa shape index (κ2) is 21.8. The molecule has 0 aromatic carbocycles. The van der Waals surface area contributed by atoms with Gasteiger partial charge in [0.1, 0.15) is 0 Å². The highest BCUT2D eigenvalue weighted by molar-refractivity contribution is 8.76. The fourth-order valence-corrected chi connectivity index (χ4v) is 3.65. The Morgan fingerprint density at radius 3 is 1.68 bits per heavy atom. The van der Waals surface area contributed by atoms with Crippen LogP contribution >= 0.6 is 21.6 Å². The van der Waals surface area contributed by atoms with E-state index in [1.54, 1.807) is 17.8 Å². The molecule has 0 aromatic heterocycles. The smallest absolute Gasteiger partial charge is 0.233 e. The highest BCUT2D eigenvalue weighted by Gasteiger charge is 2.03. The van der Waals surface area contributed by atoms with Gasteiger partial charge >= 0.3 is 0 Å². The van der Waals surface area contributed by atoms with Crippen LogP contribution in [0.15, 0.2) is 0 Å². The Morgan fingerprint density at radius 1 is 0.750 bits per heavy atom. The number of hydrogen-bond donors (Lipinski definition) is 6. The van der Waals surface area contributed by atoms with Crippen molar-refractivity contribution in [3.05, 3.63) is 0 Å². The third-order valence-corrected chi connectivity index (χ3v) is 5.71. The predicted octanol–water partition coefficient (Wildman–Crippen LogP) is -0.0532. The molecule has 0 atom stereocenters. The molecule has 0 aliphatic rings. The van der Waals surface area contributed by atoms with Crippen LogP contribution in [0.25, 0.3) is 0 Å². The van der Waals surface area contributed by atoms with Gasteiger partial charge in [0, 0.05) is 50.8 Å². The summed E-state index contributed by atoms with van der Waals surface area (Å²) >= 11 is 0. The lowest BCUT2D eigenvalue weighted by Crippen LogP contribution is -2.30. The van der Waals surface area contributed by atoms with Crippen molar-refractivity contribution in [2.45, 2.75) is 51.9 Å². The minimum Gasteiger partial charge on any atom is -0.359 e. The molecule has 28 heavy (non-hydrogen) atoms. The lowest BCUT2D eigenvalue weighted by atomic mass is 10.2. The van der Waals surface area contributed by atoms with Crippen LogP contribution in [0.4, 0.5) is 0 Å². The fourth-order valence-electron chi connectivity index (χ4n) is 1.61. The summed E-state index contributed by atoms with van der Waals surface area (Å²) in [5.41, 5.74) is 4.02. The van der Waals surface area contributed by atoms with Crippen molar-refractivity contribution in [3.63, 3.8) is 0 Å². The maximum atomic E-state index is 11.3. The second-order valence-corrected chi connectivity index (χ2v) is 8.21. The molecule has 8 N–H and O–H groups in total. The summed E-state index contributed by atoms with van der Waals surface area (Å²) in [6, 6.07) is 0. The molecule has 164 valence electrons. The van der Waals surface area contributed by atoms with E-state index in [-0.39, 0.29) is 23.6 Å². The normalized spacial score (nSPS) is 9.57. The third-order valence-electron chi connectivity index (χ3n) is 3.09. The van der Waals surface area contributed by atoms with Crippen molar-refractivity contribution in [3.8, 4) is 0 Å². The predicted molar refractivity (Wildman–Crippen MR) is 115 cm³/mol. The molecule has 0 aliphatic carbocycles. The van der Waals surface area contributed by atoms with E-state index in [0.717, 1.165) is 11.5 Å². The van der Waals surface area contributed by atoms with Gasteiger partial charge in [-0.15, -0.1) is 0 Å². The Morgan fingerprint density at radius 2 is 1.21 bits per heavy atom. The van der Waals surface area contributed by atoms with E-state index in [1.165, 1.54) is 6.42 Å². The first kappa shape index (κ1) is 28.7. The lowest BCUT2D eigenvalue weighted by Gasteiger charge is -2.04. The zero-order valence-corrected chi connectivity index (χ0v) is 18.3. The number of hydrazine groups is 2. The second-order valence-electron chi connectivity index (χ2n) is 5.51. The number of rotatable bonds is 14. The molecule has 12 heteroatoms. The number of nitrogens with two attached hydrogens (primary N) is 2. The molecule has 0 spiro atoms. The molecular weight excluding hydrogens is 404 g/mol. The van der Waals surface area contributed by atoms with Crippen molar-refractivity contribution in [1.29, 1.82) is 0 Å². The summed E-state index contributed by atoms with van der Waals surface area (Å²) in [5.74, 6) is 11.3. The van der Waals surface area contributed by atoms with E-state index in [2.05, 4.69) is 17.6 Å². The Balaban J connectivity index is 0. The molecule has 4 amide bonds. The van der Waals surface area contributed by atoms with Crippen LogP contribution in [-0.2, 0) is 19.2 Å². The van der Waals surface area contributed by atoms with Crippen molar-refractivity contribution in [1.82, 2.24) is 21.5 Å². The van der Waals surface area contributed by atoms with Crippen LogP contribution in [0, 0.1) is 0 Å². The molecule has 0 aliphatic heterocycles. The number of nitrogens with one attached hydrogen (secondary N) is 4. The van der Waals surface area contributed by atoms with Gasteiger partial charge in [-0.1, -0.05) is 28.5 Å². The van der Waals surface area contributed by atoms with Crippen LogP contribution in [0.5, 0.6) is 0 Å². The van der Waals surface area contributed by atoms with Gasteiger partial charge in [-0.2, -0.15) is 0 Å². The van der Waals surface area contributed by atoms with Gasteiger partial charge in [0.25, 0.3) is 0 Å². The monoisotopic (exact) mass is 438 g/mol. The van der Waals surface area contributed by atoms with Crippen LogP contribution in [-0.4, -0.2) is 48.7 Å². The average molecular weight is 439 g/mol. The highest BCUT2D eigenvalue weighted by Crippen LogP contribution is 2.20. The lowest BCUT2D eigenvalue weighted by molar-refractivity contribution is -0.124. The first-order valence-electron chi connectivity index (χ1n) is 9.11. The number of hydrogen-bond acceptors (Lipinski definition) is 8. The van der Waals surface area contributed by atoms with Gasteiger partial charge in [-0.3, -0.25) is 30.0 Å². The Labute approximate surface area is 174 Å². The van der Waals surface area contributed by atoms with Gasteiger partial charge in [-0.25, -0.2) is 11.7 Å². The summed E-state index contributed by atoms with van der Waals surface area (Å²) in [6.45, 7) is 2.83. The van der Waals surface area contributed by atoms with Crippen molar-refractivity contribution in [2.75, 3.05) is 25.1 Å². The maximum absolute atomic E-state index is 11.3. The van der Waals surface area contributed by atoms with E-state index >= 15 is 0 Å². The fraction of sp³-hybridized carbons (Fsp3) is 0.750. The summed E-state index contributed by atoms with van der Waals surface area (Å²) in [7, 11) is 5.16. The molecule has 0 rings (SSSR count). The average Bonchev–Trinajstić information content (AvgIpc) is 2.70. The number of carbonyl (C=O) groups is 4. The quantitative estimate of drug-likeness (QED) is 0.0721. The van der Waals surface area contributed by atoms with Gasteiger partial charge < -0.3 is 10.6 Å². The third kappa shape index (κ3) is 22.5. The SMILES string of the molecule is CCCSSCCNC(=O)CCCC(=O)NN.CNC(=O)CCCC(=O)NN. The molecule has 0 fully saturated rings. The van der Waals surface area contributed by atoms with Crippen molar-refractivity contribution >= 4 is 45.2 Å². The van der Waals surface area contributed by atoms with E-state index in [0.29, 0.717) is 45.1 Å². The summed E-state index contributed by atoms with van der Waals surface area (Å²) in [6.07, 6.45) is 3.57. The minimum atomic E-state index is -0.242. The minimum absolute atomic E-state index is 0.00378. The zero-order chi connectivity index (χ0) is 21.6. The maximum Gasteiger partial charge on any atom is 0.233 e. The van der Waals surface area contributed by atoms with Gasteiger partial charge in [0.15, 0.2) is 0 Å². The summed E-state index contributed by atoms with van der Waals surface area (Å²) in [4.78, 5) is 43.2. The van der Waals surface area contributed by atoms with E-state index in [9.17, 15) is 19.2 Å². The summed E-state index contributed by atoms with van der Waals surface area (Å²) < 4.78 is 0. The molecule has 0 radical (unpaired) electrons.